The first-order valence-electron chi connectivity index (χ1n) is 3.53. The van der Waals surface area contributed by atoms with Crippen molar-refractivity contribution in [3.63, 3.8) is 0 Å². The number of amides is 1. The Balaban J connectivity index is 3.21. The topological polar surface area (TPSA) is 107 Å². The van der Waals surface area contributed by atoms with Crippen molar-refractivity contribution in [1.82, 2.24) is 5.32 Å². The highest BCUT2D eigenvalue weighted by atomic mass is 16.5. The van der Waals surface area contributed by atoms with E-state index in [1.807, 2.05) is 0 Å². The van der Waals surface area contributed by atoms with Crippen LogP contribution >= 0.6 is 0 Å². The highest BCUT2D eigenvalue weighted by Gasteiger charge is 1.98. The van der Waals surface area contributed by atoms with Crippen molar-refractivity contribution in [2.75, 3.05) is 26.2 Å². The molecule has 6 nitrogen and oxygen atoms in total. The summed E-state index contributed by atoms with van der Waals surface area (Å²) in [4.78, 5) is 21.0. The molecule has 12 heavy (non-hydrogen) atoms. The van der Waals surface area contributed by atoms with Crippen LogP contribution in [0.2, 0.25) is 0 Å². The maximum atomic E-state index is 10.5. The van der Waals surface area contributed by atoms with Crippen LogP contribution in [0.15, 0.2) is 0 Å². The van der Waals surface area contributed by atoms with Gasteiger partial charge in [-0.25, -0.2) is 0 Å². The summed E-state index contributed by atoms with van der Waals surface area (Å²) in [5, 5.41) is 2.43. The molecule has 0 aliphatic rings. The van der Waals surface area contributed by atoms with Gasteiger partial charge in [0.1, 0.15) is 6.61 Å². The lowest BCUT2D eigenvalue weighted by atomic mass is 10.5. The van der Waals surface area contributed by atoms with Gasteiger partial charge in [-0.2, -0.15) is 0 Å². The lowest BCUT2D eigenvalue weighted by molar-refractivity contribution is -0.142. The van der Waals surface area contributed by atoms with Gasteiger partial charge in [0.15, 0.2) is 0 Å². The van der Waals surface area contributed by atoms with E-state index in [0.717, 1.165) is 0 Å². The Hall–Kier alpha value is -1.14. The molecule has 0 aromatic rings. The molecule has 0 unspecified atom stereocenters. The van der Waals surface area contributed by atoms with Gasteiger partial charge in [0.25, 0.3) is 0 Å². The number of ether oxygens (including phenoxy) is 1. The number of carbonyl (C=O) groups is 2. The number of rotatable bonds is 5. The molecule has 0 fully saturated rings. The molecule has 0 bridgehead atoms. The van der Waals surface area contributed by atoms with Crippen LogP contribution in [0.25, 0.3) is 0 Å². The molecule has 0 heterocycles. The van der Waals surface area contributed by atoms with Gasteiger partial charge in [0, 0.05) is 0 Å². The van der Waals surface area contributed by atoms with E-state index in [1.165, 1.54) is 0 Å². The second-order valence-electron chi connectivity index (χ2n) is 1.98. The van der Waals surface area contributed by atoms with Crippen LogP contribution in [0.5, 0.6) is 0 Å². The predicted octanol–water partition coefficient (Wildman–Crippen LogP) is -2.44. The summed E-state index contributed by atoms with van der Waals surface area (Å²) in [6, 6.07) is 0. The Morgan fingerprint density at radius 2 is 1.92 bits per heavy atom. The monoisotopic (exact) mass is 175 g/mol. The lowest BCUT2D eigenvalue weighted by Gasteiger charge is -2.03. The molecule has 0 aliphatic carbocycles. The van der Waals surface area contributed by atoms with Gasteiger partial charge in [-0.1, -0.05) is 0 Å². The average molecular weight is 175 g/mol. The van der Waals surface area contributed by atoms with E-state index in [9.17, 15) is 9.59 Å². The largest absolute Gasteiger partial charge is 0.463 e. The van der Waals surface area contributed by atoms with E-state index in [0.29, 0.717) is 0 Å². The highest BCUT2D eigenvalue weighted by Crippen LogP contribution is 1.73. The van der Waals surface area contributed by atoms with Crippen LogP contribution in [-0.4, -0.2) is 38.1 Å². The highest BCUT2D eigenvalue weighted by molar-refractivity contribution is 5.77. The molecule has 0 radical (unpaired) electrons. The molecule has 0 aliphatic heterocycles. The van der Waals surface area contributed by atoms with Crippen molar-refractivity contribution >= 4 is 11.9 Å². The molecule has 0 rings (SSSR count). The zero-order valence-corrected chi connectivity index (χ0v) is 6.71. The smallest absolute Gasteiger partial charge is 0.319 e. The van der Waals surface area contributed by atoms with Gasteiger partial charge >= 0.3 is 5.97 Å². The second kappa shape index (κ2) is 6.56. The maximum Gasteiger partial charge on any atom is 0.319 e. The first-order chi connectivity index (χ1) is 5.70. The standard InChI is InChI=1S/C6H13N3O3/c7-3-5(10)9-1-2-12-6(11)4-8/h1-4,7-8H2,(H,9,10). The summed E-state index contributed by atoms with van der Waals surface area (Å²) in [5.41, 5.74) is 9.96. The van der Waals surface area contributed by atoms with Crippen molar-refractivity contribution in [2.24, 2.45) is 11.5 Å². The lowest BCUT2D eigenvalue weighted by Crippen LogP contribution is -2.33. The number of hydrogen-bond acceptors (Lipinski definition) is 5. The van der Waals surface area contributed by atoms with Crippen LogP contribution in [-0.2, 0) is 14.3 Å². The van der Waals surface area contributed by atoms with E-state index >= 15 is 0 Å². The second-order valence-corrected chi connectivity index (χ2v) is 1.98. The third-order valence-corrected chi connectivity index (χ3v) is 1.04. The average Bonchev–Trinajstić information content (AvgIpc) is 2.11. The van der Waals surface area contributed by atoms with Gasteiger partial charge < -0.3 is 21.5 Å². The third kappa shape index (κ3) is 5.63. The Bertz CT molecular complexity index is 142. The molecular weight excluding hydrogens is 162 g/mol. The molecule has 0 saturated heterocycles. The van der Waals surface area contributed by atoms with E-state index in [2.05, 4.69) is 10.1 Å². The van der Waals surface area contributed by atoms with Gasteiger partial charge in [-0.05, 0) is 0 Å². The number of nitrogens with one attached hydrogen (secondary N) is 1. The van der Waals surface area contributed by atoms with Gasteiger partial charge in [-0.15, -0.1) is 0 Å². The predicted molar refractivity (Wildman–Crippen MR) is 42.1 cm³/mol. The zero-order valence-electron chi connectivity index (χ0n) is 6.71. The number of hydrogen-bond donors (Lipinski definition) is 3. The minimum atomic E-state index is -0.489. The minimum absolute atomic E-state index is 0.0646. The summed E-state index contributed by atoms with van der Waals surface area (Å²) in [6.45, 7) is 0.180. The fourth-order valence-corrected chi connectivity index (χ4v) is 0.486. The van der Waals surface area contributed by atoms with Crippen molar-refractivity contribution in [1.29, 1.82) is 0 Å². The minimum Gasteiger partial charge on any atom is -0.463 e. The fraction of sp³-hybridized carbons (Fsp3) is 0.667. The van der Waals surface area contributed by atoms with Crippen LogP contribution in [0.1, 0.15) is 0 Å². The Labute approximate surface area is 70.2 Å². The molecule has 0 aromatic carbocycles. The summed E-state index contributed by atoms with van der Waals surface area (Å²) in [7, 11) is 0. The van der Waals surface area contributed by atoms with Gasteiger partial charge in [0.05, 0.1) is 19.6 Å². The third-order valence-electron chi connectivity index (χ3n) is 1.04. The van der Waals surface area contributed by atoms with Crippen molar-refractivity contribution in [2.45, 2.75) is 0 Å². The van der Waals surface area contributed by atoms with Crippen LogP contribution in [0.4, 0.5) is 0 Å². The van der Waals surface area contributed by atoms with E-state index < -0.39 is 5.97 Å². The van der Waals surface area contributed by atoms with E-state index in [1.54, 1.807) is 0 Å². The van der Waals surface area contributed by atoms with Crippen LogP contribution in [0.3, 0.4) is 0 Å². The molecule has 70 valence electrons. The summed E-state index contributed by atoms with van der Waals surface area (Å²) < 4.78 is 4.57. The Kier molecular flexibility index (Phi) is 5.94. The molecule has 6 heteroatoms. The molecular formula is C6H13N3O3. The normalized spacial score (nSPS) is 9.17. The Morgan fingerprint density at radius 1 is 1.25 bits per heavy atom. The van der Waals surface area contributed by atoms with Crippen LogP contribution in [0, 0.1) is 0 Å². The van der Waals surface area contributed by atoms with E-state index in [-0.39, 0.29) is 32.1 Å². The Morgan fingerprint density at radius 3 is 2.42 bits per heavy atom. The quantitative estimate of drug-likeness (QED) is 0.318. The molecule has 0 atom stereocenters. The summed E-state index contributed by atoms with van der Waals surface area (Å²) in [5.74, 6) is -0.768. The van der Waals surface area contributed by atoms with Gasteiger partial charge in [-0.3, -0.25) is 9.59 Å². The van der Waals surface area contributed by atoms with Crippen LogP contribution < -0.4 is 16.8 Å². The summed E-state index contributed by atoms with van der Waals surface area (Å²) in [6.07, 6.45) is 0. The van der Waals surface area contributed by atoms with E-state index in [4.69, 9.17) is 11.5 Å². The van der Waals surface area contributed by atoms with Gasteiger partial charge in [0.2, 0.25) is 5.91 Å². The first-order valence-corrected chi connectivity index (χ1v) is 3.53. The number of carbonyl (C=O) groups excluding carboxylic acids is 2. The van der Waals surface area contributed by atoms with Crippen molar-refractivity contribution in [3.8, 4) is 0 Å². The van der Waals surface area contributed by atoms with Crippen molar-refractivity contribution in [3.05, 3.63) is 0 Å². The fourth-order valence-electron chi connectivity index (χ4n) is 0.486. The zero-order chi connectivity index (χ0) is 9.40. The SMILES string of the molecule is NCC(=O)NCCOC(=O)CN. The number of esters is 1. The molecule has 0 spiro atoms. The summed E-state index contributed by atoms with van der Waals surface area (Å²) >= 11 is 0. The molecule has 1 amide bonds. The molecule has 5 N–H and O–H groups in total. The first kappa shape index (κ1) is 10.9. The van der Waals surface area contributed by atoms with Crippen molar-refractivity contribution < 1.29 is 14.3 Å². The maximum absolute atomic E-state index is 10.5. The molecule has 0 aromatic heterocycles. The number of nitrogens with two attached hydrogens (primary N) is 2. The molecule has 0 saturated carbocycles.